The van der Waals surface area contributed by atoms with Gasteiger partial charge >= 0.3 is 0 Å². The summed E-state index contributed by atoms with van der Waals surface area (Å²) in [6.45, 7) is 8.54. The number of aromatic nitrogens is 3. The van der Waals surface area contributed by atoms with Gasteiger partial charge in [0.25, 0.3) is 0 Å². The summed E-state index contributed by atoms with van der Waals surface area (Å²) in [5.74, 6) is 1.78. The Morgan fingerprint density at radius 3 is 2.54 bits per heavy atom. The van der Waals surface area contributed by atoms with Crippen LogP contribution >= 0.6 is 11.3 Å². The highest BCUT2D eigenvalue weighted by Crippen LogP contribution is 2.38. The molecule has 1 N–H and O–H groups in total. The molecule has 0 spiro atoms. The van der Waals surface area contributed by atoms with Crippen molar-refractivity contribution in [3.05, 3.63) is 63.0 Å². The molecule has 1 unspecified atom stereocenters. The SMILES string of the molecule is Cc1sc2c(c1C)C(c1ccc(CCO)cc1)=NC(C)c1nnc(C)n1-2. The lowest BCUT2D eigenvalue weighted by molar-refractivity contribution is 0.299. The Morgan fingerprint density at radius 2 is 1.85 bits per heavy atom. The Hall–Kier alpha value is -2.31. The van der Waals surface area contributed by atoms with Crippen LogP contribution in [0, 0.1) is 20.8 Å². The zero-order valence-electron chi connectivity index (χ0n) is 15.4. The van der Waals surface area contributed by atoms with E-state index in [1.54, 1.807) is 11.3 Å². The first kappa shape index (κ1) is 17.1. The summed E-state index contributed by atoms with van der Waals surface area (Å²) in [6.07, 6.45) is 0.672. The maximum atomic E-state index is 9.14. The summed E-state index contributed by atoms with van der Waals surface area (Å²) < 4.78 is 2.15. The first-order valence-corrected chi connectivity index (χ1v) is 9.63. The molecule has 0 saturated carbocycles. The van der Waals surface area contributed by atoms with Crippen molar-refractivity contribution in [3.63, 3.8) is 0 Å². The molecule has 0 radical (unpaired) electrons. The van der Waals surface area contributed by atoms with Crippen molar-refractivity contribution < 1.29 is 5.11 Å². The van der Waals surface area contributed by atoms with Gasteiger partial charge in [0.15, 0.2) is 5.82 Å². The van der Waals surface area contributed by atoms with Crippen molar-refractivity contribution in [2.24, 2.45) is 4.99 Å². The normalized spacial score (nSPS) is 16.0. The largest absolute Gasteiger partial charge is 0.396 e. The number of aliphatic imine (C=N–C) groups is 1. The molecule has 0 fully saturated rings. The van der Waals surface area contributed by atoms with Crippen molar-refractivity contribution >= 4 is 17.0 Å². The molecular weight excluding hydrogens is 344 g/mol. The summed E-state index contributed by atoms with van der Waals surface area (Å²) in [7, 11) is 0. The predicted molar refractivity (Wildman–Crippen MR) is 105 cm³/mol. The topological polar surface area (TPSA) is 63.3 Å². The van der Waals surface area contributed by atoms with Gasteiger partial charge in [0.05, 0.1) is 5.71 Å². The molecular formula is C20H22N4OS. The van der Waals surface area contributed by atoms with E-state index in [0.29, 0.717) is 6.42 Å². The Balaban J connectivity index is 1.93. The Kier molecular flexibility index (Phi) is 4.25. The molecule has 0 aliphatic carbocycles. The van der Waals surface area contributed by atoms with E-state index in [1.807, 2.05) is 6.92 Å². The molecule has 5 nitrogen and oxygen atoms in total. The Morgan fingerprint density at radius 1 is 1.12 bits per heavy atom. The van der Waals surface area contributed by atoms with Crippen molar-refractivity contribution in [2.45, 2.75) is 40.2 Å². The second kappa shape index (κ2) is 6.45. The lowest BCUT2D eigenvalue weighted by Crippen LogP contribution is -2.07. The molecule has 6 heteroatoms. The highest BCUT2D eigenvalue weighted by atomic mass is 32.1. The first-order valence-electron chi connectivity index (χ1n) is 8.82. The number of fused-ring (bicyclic) bond motifs is 3. The number of aliphatic hydroxyl groups is 1. The smallest absolute Gasteiger partial charge is 0.162 e. The van der Waals surface area contributed by atoms with E-state index in [1.165, 1.54) is 16.0 Å². The maximum Gasteiger partial charge on any atom is 0.162 e. The van der Waals surface area contributed by atoms with E-state index >= 15 is 0 Å². The third-order valence-corrected chi connectivity index (χ3v) is 6.17. The van der Waals surface area contributed by atoms with Crippen LogP contribution in [0.25, 0.3) is 5.00 Å². The van der Waals surface area contributed by atoms with Gasteiger partial charge in [-0.1, -0.05) is 24.3 Å². The van der Waals surface area contributed by atoms with Crippen LogP contribution < -0.4 is 0 Å². The second-order valence-electron chi connectivity index (χ2n) is 6.73. The van der Waals surface area contributed by atoms with E-state index in [0.717, 1.165) is 33.5 Å². The zero-order valence-corrected chi connectivity index (χ0v) is 16.3. The lowest BCUT2D eigenvalue weighted by Gasteiger charge is -2.10. The molecule has 2 aromatic heterocycles. The first-order chi connectivity index (χ1) is 12.5. The monoisotopic (exact) mass is 366 g/mol. The van der Waals surface area contributed by atoms with Crippen LogP contribution in [0.4, 0.5) is 0 Å². The van der Waals surface area contributed by atoms with Crippen LogP contribution in [0.5, 0.6) is 0 Å². The molecule has 0 saturated heterocycles. The molecule has 4 rings (SSSR count). The average molecular weight is 366 g/mol. The molecule has 1 aliphatic heterocycles. The van der Waals surface area contributed by atoms with Crippen molar-refractivity contribution in [1.82, 2.24) is 14.8 Å². The van der Waals surface area contributed by atoms with E-state index in [4.69, 9.17) is 10.1 Å². The molecule has 0 amide bonds. The van der Waals surface area contributed by atoms with Gasteiger partial charge in [-0.25, -0.2) is 0 Å². The number of hydrogen-bond acceptors (Lipinski definition) is 5. The minimum Gasteiger partial charge on any atom is -0.396 e. The fourth-order valence-corrected chi connectivity index (χ4v) is 4.65. The molecule has 1 aliphatic rings. The van der Waals surface area contributed by atoms with E-state index in [2.05, 4.69) is 59.8 Å². The van der Waals surface area contributed by atoms with Gasteiger partial charge in [-0.3, -0.25) is 9.56 Å². The van der Waals surface area contributed by atoms with Gasteiger partial charge in [0.2, 0.25) is 0 Å². The van der Waals surface area contributed by atoms with Crippen molar-refractivity contribution in [1.29, 1.82) is 0 Å². The average Bonchev–Trinajstić information content (AvgIpc) is 3.10. The fourth-order valence-electron chi connectivity index (χ4n) is 3.44. The third kappa shape index (κ3) is 2.61. The molecule has 0 bridgehead atoms. The number of aliphatic hydroxyl groups excluding tert-OH is 1. The minimum atomic E-state index is -0.0670. The Labute approximate surface area is 157 Å². The van der Waals surface area contributed by atoms with Gasteiger partial charge in [0, 0.05) is 22.6 Å². The van der Waals surface area contributed by atoms with Gasteiger partial charge < -0.3 is 5.11 Å². The number of aryl methyl sites for hydroxylation is 2. The van der Waals surface area contributed by atoms with Crippen LogP contribution in [0.2, 0.25) is 0 Å². The van der Waals surface area contributed by atoms with Gasteiger partial charge in [-0.2, -0.15) is 0 Å². The number of rotatable bonds is 3. The highest BCUT2D eigenvalue weighted by molar-refractivity contribution is 7.15. The maximum absolute atomic E-state index is 9.14. The van der Waals surface area contributed by atoms with Crippen molar-refractivity contribution in [3.8, 4) is 5.00 Å². The zero-order chi connectivity index (χ0) is 18.4. The molecule has 1 aromatic carbocycles. The van der Waals surface area contributed by atoms with Gasteiger partial charge in [-0.05, 0) is 45.2 Å². The van der Waals surface area contributed by atoms with Gasteiger partial charge in [0.1, 0.15) is 16.9 Å². The van der Waals surface area contributed by atoms with Crippen LogP contribution in [-0.4, -0.2) is 32.2 Å². The van der Waals surface area contributed by atoms with Gasteiger partial charge in [-0.15, -0.1) is 21.5 Å². The van der Waals surface area contributed by atoms with Crippen LogP contribution in [0.15, 0.2) is 29.3 Å². The number of nitrogens with zero attached hydrogens (tertiary/aromatic N) is 4. The summed E-state index contributed by atoms with van der Waals surface area (Å²) in [6, 6.07) is 8.28. The summed E-state index contributed by atoms with van der Waals surface area (Å²) in [5.41, 5.74) is 5.67. The summed E-state index contributed by atoms with van der Waals surface area (Å²) >= 11 is 1.77. The highest BCUT2D eigenvalue weighted by Gasteiger charge is 2.29. The van der Waals surface area contributed by atoms with E-state index in [-0.39, 0.29) is 12.6 Å². The minimum absolute atomic E-state index is 0.0670. The predicted octanol–water partition coefficient (Wildman–Crippen LogP) is 3.70. The quantitative estimate of drug-likeness (QED) is 0.769. The van der Waals surface area contributed by atoms with E-state index in [9.17, 15) is 0 Å². The standard InChI is InChI=1S/C20H22N4OS/c1-11-13(3)26-20-17(11)18(16-7-5-15(6-8-16)9-10-25)21-12(2)19-23-22-14(4)24(19)20/h5-8,12,25H,9-10H2,1-4H3. The van der Waals surface area contributed by atoms with Crippen LogP contribution in [0.1, 0.15) is 51.7 Å². The van der Waals surface area contributed by atoms with E-state index < -0.39 is 0 Å². The molecule has 3 aromatic rings. The summed E-state index contributed by atoms with van der Waals surface area (Å²) in [4.78, 5) is 6.33. The number of benzene rings is 1. The lowest BCUT2D eigenvalue weighted by atomic mass is 9.98. The molecule has 1 atom stereocenters. The van der Waals surface area contributed by atoms with Crippen LogP contribution in [-0.2, 0) is 6.42 Å². The molecule has 134 valence electrons. The number of thiophene rings is 1. The molecule has 3 heterocycles. The molecule has 26 heavy (non-hydrogen) atoms. The number of hydrogen-bond donors (Lipinski definition) is 1. The second-order valence-corrected chi connectivity index (χ2v) is 7.93. The Bertz CT molecular complexity index is 998. The van der Waals surface area contributed by atoms with Crippen molar-refractivity contribution in [2.75, 3.05) is 6.61 Å². The van der Waals surface area contributed by atoms with Crippen LogP contribution in [0.3, 0.4) is 0 Å². The fraction of sp³-hybridized carbons (Fsp3) is 0.350. The summed E-state index contributed by atoms with van der Waals surface area (Å²) in [5, 5.41) is 19.0. The third-order valence-electron chi connectivity index (χ3n) is 4.98.